The monoisotopic (exact) mass is 476 g/mol. The van der Waals surface area contributed by atoms with Gasteiger partial charge in [0.25, 0.3) is 0 Å². The number of nitrogens with zero attached hydrogens (tertiary/aromatic N) is 4. The molecule has 5 nitrogen and oxygen atoms in total. The van der Waals surface area contributed by atoms with Gasteiger partial charge < -0.3 is 14.2 Å². The van der Waals surface area contributed by atoms with Crippen LogP contribution in [0.2, 0.25) is 0 Å². The van der Waals surface area contributed by atoms with Gasteiger partial charge in [-0.1, -0.05) is 72.8 Å². The highest BCUT2D eigenvalue weighted by atomic mass is 16.5. The Balaban J connectivity index is 1.24. The van der Waals surface area contributed by atoms with Gasteiger partial charge in [0, 0.05) is 56.5 Å². The Morgan fingerprint density at radius 1 is 0.889 bits per heavy atom. The number of nitriles is 1. The molecule has 3 aromatic carbocycles. The van der Waals surface area contributed by atoms with Crippen LogP contribution >= 0.6 is 0 Å². The van der Waals surface area contributed by atoms with Gasteiger partial charge in [-0.3, -0.25) is 0 Å². The van der Waals surface area contributed by atoms with Crippen LogP contribution in [0.1, 0.15) is 46.6 Å². The lowest BCUT2D eigenvalue weighted by atomic mass is 9.84. The van der Waals surface area contributed by atoms with E-state index in [2.05, 4.69) is 87.4 Å². The first-order valence-electron chi connectivity index (χ1n) is 12.7. The predicted octanol–water partition coefficient (Wildman–Crippen LogP) is 5.79. The van der Waals surface area contributed by atoms with Crippen LogP contribution in [0, 0.1) is 11.3 Å². The zero-order valence-electron chi connectivity index (χ0n) is 20.5. The lowest BCUT2D eigenvalue weighted by molar-refractivity contribution is 0.102. The normalized spacial score (nSPS) is 18.6. The molecule has 0 bridgehead atoms. The Labute approximate surface area is 213 Å². The zero-order valence-corrected chi connectivity index (χ0v) is 20.5. The first-order chi connectivity index (χ1) is 17.8. The molecule has 0 saturated carbocycles. The van der Waals surface area contributed by atoms with Crippen LogP contribution in [0.4, 0.5) is 0 Å². The van der Waals surface area contributed by atoms with Gasteiger partial charge in [0.15, 0.2) is 0 Å². The van der Waals surface area contributed by atoms with E-state index < -0.39 is 0 Å². The molecule has 5 rings (SSSR count). The second-order valence-electron chi connectivity index (χ2n) is 9.57. The summed E-state index contributed by atoms with van der Waals surface area (Å²) in [5, 5.41) is 8.98. The summed E-state index contributed by atoms with van der Waals surface area (Å²) >= 11 is 0. The molecule has 0 N–H and O–H groups in total. The van der Waals surface area contributed by atoms with Gasteiger partial charge in [-0.15, -0.1) is 0 Å². The second kappa shape index (κ2) is 11.8. The molecule has 1 saturated heterocycles. The van der Waals surface area contributed by atoms with Crippen LogP contribution in [0.3, 0.4) is 0 Å². The highest BCUT2D eigenvalue weighted by molar-refractivity contribution is 5.32. The van der Waals surface area contributed by atoms with Gasteiger partial charge in [-0.25, -0.2) is 4.98 Å². The topological polar surface area (TPSA) is 54.1 Å². The predicted molar refractivity (Wildman–Crippen MR) is 141 cm³/mol. The fraction of sp³-hybridized carbons (Fsp3) is 0.290. The van der Waals surface area contributed by atoms with Crippen LogP contribution < -0.4 is 0 Å². The Hall–Kier alpha value is -3.72. The number of hydrogen-bond donors (Lipinski definition) is 0. The van der Waals surface area contributed by atoms with Crippen LogP contribution in [0.15, 0.2) is 104 Å². The van der Waals surface area contributed by atoms with Crippen molar-refractivity contribution < 1.29 is 4.74 Å². The summed E-state index contributed by atoms with van der Waals surface area (Å²) in [5.74, 6) is 0.953. The summed E-state index contributed by atoms with van der Waals surface area (Å²) in [6, 6.07) is 31.9. The summed E-state index contributed by atoms with van der Waals surface area (Å²) in [7, 11) is 0. The van der Waals surface area contributed by atoms with Crippen molar-refractivity contribution in [2.24, 2.45) is 0 Å². The average Bonchev–Trinajstić information content (AvgIpc) is 3.62. The number of benzene rings is 3. The van der Waals surface area contributed by atoms with Crippen molar-refractivity contribution >= 4 is 0 Å². The molecule has 4 aromatic rings. The van der Waals surface area contributed by atoms with E-state index in [-0.39, 0.29) is 0 Å². The third-order valence-electron chi connectivity index (χ3n) is 7.21. The maximum absolute atomic E-state index is 8.98. The van der Waals surface area contributed by atoms with Crippen LogP contribution in [-0.4, -0.2) is 40.7 Å². The van der Waals surface area contributed by atoms with E-state index >= 15 is 0 Å². The summed E-state index contributed by atoms with van der Waals surface area (Å²) in [6.45, 7) is 4.27. The highest BCUT2D eigenvalue weighted by Crippen LogP contribution is 2.40. The van der Waals surface area contributed by atoms with Crippen molar-refractivity contribution in [1.29, 1.82) is 5.26 Å². The Morgan fingerprint density at radius 3 is 2.08 bits per heavy atom. The number of aromatic nitrogens is 2. The third kappa shape index (κ3) is 5.91. The van der Waals surface area contributed by atoms with E-state index in [1.165, 1.54) is 11.1 Å². The molecule has 0 amide bonds. The first-order valence-corrected chi connectivity index (χ1v) is 12.7. The van der Waals surface area contributed by atoms with E-state index in [0.717, 1.165) is 31.6 Å². The Bertz CT molecular complexity index is 1190. The third-order valence-corrected chi connectivity index (χ3v) is 7.21. The van der Waals surface area contributed by atoms with Gasteiger partial charge in [0.1, 0.15) is 0 Å². The van der Waals surface area contributed by atoms with Gasteiger partial charge in [-0.05, 0) is 35.2 Å². The minimum absolute atomic E-state index is 0.291. The molecule has 3 atom stereocenters. The van der Waals surface area contributed by atoms with Crippen LogP contribution in [0.25, 0.3) is 0 Å². The molecule has 36 heavy (non-hydrogen) atoms. The number of likely N-dealkylation sites (tertiary alicyclic amines) is 1. The Morgan fingerprint density at radius 2 is 1.53 bits per heavy atom. The van der Waals surface area contributed by atoms with Crippen LogP contribution in [-0.2, 0) is 11.3 Å². The SMILES string of the molecule is N#Cc1ccc(COCCC(CN2C[C@@H](c3ccccc3)[C@H](c3ccccc3)C2)n2ccnc2)cc1. The Kier molecular flexibility index (Phi) is 7.87. The molecular formula is C31H32N4O. The van der Waals surface area contributed by atoms with Crippen molar-refractivity contribution in [1.82, 2.24) is 14.5 Å². The molecule has 1 aromatic heterocycles. The molecule has 1 fully saturated rings. The number of ether oxygens (including phenoxy) is 1. The standard InChI is InChI=1S/C31H32N4O/c32-19-25-11-13-26(14-12-25)23-36-18-15-29(35-17-16-33-24-35)20-34-21-30(27-7-3-1-4-8-27)31(22-34)28-9-5-2-6-10-28/h1-14,16-17,24,29-31H,15,18,20-23H2/t29?,30-,31-/m0/s1. The molecule has 0 spiro atoms. The van der Waals surface area contributed by atoms with Crippen molar-refractivity contribution in [3.63, 3.8) is 0 Å². The molecule has 182 valence electrons. The average molecular weight is 477 g/mol. The first kappa shape index (κ1) is 24.0. The summed E-state index contributed by atoms with van der Waals surface area (Å²) in [5.41, 5.74) is 4.59. The van der Waals surface area contributed by atoms with Gasteiger partial charge >= 0.3 is 0 Å². The fourth-order valence-electron chi connectivity index (χ4n) is 5.31. The number of imidazole rings is 1. The number of hydrogen-bond acceptors (Lipinski definition) is 4. The molecule has 5 heteroatoms. The molecule has 1 aliphatic rings. The minimum Gasteiger partial charge on any atom is -0.377 e. The summed E-state index contributed by atoms with van der Waals surface area (Å²) < 4.78 is 8.25. The van der Waals surface area contributed by atoms with Gasteiger partial charge in [0.05, 0.1) is 24.6 Å². The van der Waals surface area contributed by atoms with Crippen molar-refractivity contribution in [2.45, 2.75) is 30.9 Å². The quantitative estimate of drug-likeness (QED) is 0.272. The maximum atomic E-state index is 8.98. The lowest BCUT2D eigenvalue weighted by Crippen LogP contribution is -2.30. The second-order valence-corrected chi connectivity index (χ2v) is 9.57. The summed E-state index contributed by atoms with van der Waals surface area (Å²) in [6.07, 6.45) is 6.75. The van der Waals surface area contributed by atoms with E-state index in [0.29, 0.717) is 36.7 Å². The molecule has 0 aliphatic carbocycles. The largest absolute Gasteiger partial charge is 0.377 e. The minimum atomic E-state index is 0.291. The van der Waals surface area contributed by atoms with E-state index in [1.807, 2.05) is 36.8 Å². The van der Waals surface area contributed by atoms with Gasteiger partial charge in [-0.2, -0.15) is 5.26 Å². The molecule has 1 aliphatic heterocycles. The van der Waals surface area contributed by atoms with E-state index in [9.17, 15) is 0 Å². The summed E-state index contributed by atoms with van der Waals surface area (Å²) in [4.78, 5) is 6.92. The zero-order chi connectivity index (χ0) is 24.6. The number of rotatable bonds is 10. The molecule has 0 radical (unpaired) electrons. The maximum Gasteiger partial charge on any atom is 0.0991 e. The van der Waals surface area contributed by atoms with Crippen molar-refractivity contribution in [3.8, 4) is 6.07 Å². The van der Waals surface area contributed by atoms with E-state index in [4.69, 9.17) is 10.00 Å². The van der Waals surface area contributed by atoms with Crippen molar-refractivity contribution in [2.75, 3.05) is 26.2 Å². The highest BCUT2D eigenvalue weighted by Gasteiger charge is 2.35. The molecular weight excluding hydrogens is 444 g/mol. The fourth-order valence-corrected chi connectivity index (χ4v) is 5.31. The lowest BCUT2D eigenvalue weighted by Gasteiger charge is -2.25. The van der Waals surface area contributed by atoms with E-state index in [1.54, 1.807) is 0 Å². The van der Waals surface area contributed by atoms with Crippen LogP contribution in [0.5, 0.6) is 0 Å². The molecule has 1 unspecified atom stereocenters. The smallest absolute Gasteiger partial charge is 0.0991 e. The van der Waals surface area contributed by atoms with Gasteiger partial charge in [0.2, 0.25) is 0 Å². The molecule has 2 heterocycles. The van der Waals surface area contributed by atoms with Crippen molar-refractivity contribution in [3.05, 3.63) is 126 Å².